The first-order chi connectivity index (χ1) is 9.91. The minimum atomic E-state index is -3.28. The molecule has 5 nitrogen and oxygen atoms in total. The number of unbranched alkanes of at least 4 members (excludes halogenated alkanes) is 1. The molecule has 0 saturated heterocycles. The molecule has 0 saturated carbocycles. The second-order valence-corrected chi connectivity index (χ2v) is 7.34. The summed E-state index contributed by atoms with van der Waals surface area (Å²) in [6.07, 6.45) is 5.22. The first kappa shape index (κ1) is 15.8. The Morgan fingerprint density at radius 2 is 2.14 bits per heavy atom. The average molecular weight is 310 g/mol. The first-order valence-corrected chi connectivity index (χ1v) is 9.17. The number of carbonyl (C=O) groups is 1. The van der Waals surface area contributed by atoms with E-state index in [4.69, 9.17) is 0 Å². The minimum Gasteiger partial charge on any atom is -0.326 e. The third-order valence-corrected chi connectivity index (χ3v) is 4.78. The molecule has 1 heterocycles. The fraction of sp³-hybridized carbons (Fsp3) is 0.533. The highest BCUT2D eigenvalue weighted by atomic mass is 32.2. The highest BCUT2D eigenvalue weighted by Gasteiger charge is 2.24. The Bertz CT molecular complexity index is 626. The number of nitrogens with one attached hydrogen (secondary N) is 1. The number of benzene rings is 1. The Labute approximate surface area is 126 Å². The van der Waals surface area contributed by atoms with Crippen molar-refractivity contribution in [2.45, 2.75) is 39.0 Å². The summed E-state index contributed by atoms with van der Waals surface area (Å²) in [4.78, 5) is 11.8. The van der Waals surface area contributed by atoms with Gasteiger partial charge in [0.2, 0.25) is 15.9 Å². The van der Waals surface area contributed by atoms with Crippen molar-refractivity contribution in [2.75, 3.05) is 22.4 Å². The molecule has 21 heavy (non-hydrogen) atoms. The van der Waals surface area contributed by atoms with Crippen LogP contribution in [-0.2, 0) is 21.2 Å². The summed E-state index contributed by atoms with van der Waals surface area (Å²) in [5.74, 6) is -0.0292. The van der Waals surface area contributed by atoms with Crippen LogP contribution in [0.4, 0.5) is 11.4 Å². The van der Waals surface area contributed by atoms with Gasteiger partial charge < -0.3 is 5.32 Å². The highest BCUT2D eigenvalue weighted by Crippen LogP contribution is 2.31. The molecular formula is C15H22N2O3S. The van der Waals surface area contributed by atoms with Gasteiger partial charge in [-0.2, -0.15) is 0 Å². The van der Waals surface area contributed by atoms with Crippen LogP contribution in [0.15, 0.2) is 18.2 Å². The van der Waals surface area contributed by atoms with Crippen LogP contribution >= 0.6 is 0 Å². The number of fused-ring (bicyclic) bond motifs is 1. The number of amides is 1. The second-order valence-electron chi connectivity index (χ2n) is 5.43. The number of hydrogen-bond acceptors (Lipinski definition) is 3. The predicted molar refractivity (Wildman–Crippen MR) is 85.1 cm³/mol. The SMILES string of the molecule is CCCCC(=O)Nc1ccc2c(c1)N(S(C)(=O)=O)CCC2. The van der Waals surface area contributed by atoms with E-state index in [2.05, 4.69) is 5.32 Å². The van der Waals surface area contributed by atoms with Gasteiger partial charge in [0.1, 0.15) is 0 Å². The van der Waals surface area contributed by atoms with Crippen LogP contribution in [0.5, 0.6) is 0 Å². The molecule has 0 unspecified atom stereocenters. The van der Waals surface area contributed by atoms with Crippen molar-refractivity contribution in [3.8, 4) is 0 Å². The quantitative estimate of drug-likeness (QED) is 0.909. The third kappa shape index (κ3) is 3.97. The number of nitrogens with zero attached hydrogens (tertiary/aromatic N) is 1. The standard InChI is InChI=1S/C15H22N2O3S/c1-3-4-7-15(18)16-13-9-8-12-6-5-10-17(14(12)11-13)21(2,19)20/h8-9,11H,3-7,10H2,1-2H3,(H,16,18). The van der Waals surface area contributed by atoms with Gasteiger partial charge in [-0.1, -0.05) is 19.4 Å². The van der Waals surface area contributed by atoms with Crippen molar-refractivity contribution in [1.82, 2.24) is 0 Å². The molecule has 0 spiro atoms. The van der Waals surface area contributed by atoms with E-state index < -0.39 is 10.0 Å². The zero-order valence-electron chi connectivity index (χ0n) is 12.6. The fourth-order valence-corrected chi connectivity index (χ4v) is 3.51. The van der Waals surface area contributed by atoms with Crippen molar-refractivity contribution in [2.24, 2.45) is 0 Å². The number of rotatable bonds is 5. The number of sulfonamides is 1. The Balaban J connectivity index is 2.22. The van der Waals surface area contributed by atoms with Gasteiger partial charge in [0, 0.05) is 18.7 Å². The van der Waals surface area contributed by atoms with Crippen molar-refractivity contribution in [3.63, 3.8) is 0 Å². The van der Waals surface area contributed by atoms with Gasteiger partial charge in [-0.25, -0.2) is 8.42 Å². The van der Waals surface area contributed by atoms with E-state index in [1.165, 1.54) is 10.6 Å². The van der Waals surface area contributed by atoms with E-state index in [0.29, 0.717) is 24.3 Å². The minimum absolute atomic E-state index is 0.0292. The lowest BCUT2D eigenvalue weighted by molar-refractivity contribution is -0.116. The number of carbonyl (C=O) groups excluding carboxylic acids is 1. The summed E-state index contributed by atoms with van der Waals surface area (Å²) >= 11 is 0. The molecule has 1 aromatic carbocycles. The van der Waals surface area contributed by atoms with Gasteiger partial charge >= 0.3 is 0 Å². The molecule has 1 N–H and O–H groups in total. The van der Waals surface area contributed by atoms with E-state index in [0.717, 1.165) is 31.2 Å². The molecule has 0 atom stereocenters. The second kappa shape index (κ2) is 6.47. The van der Waals surface area contributed by atoms with Gasteiger partial charge in [-0.05, 0) is 37.0 Å². The van der Waals surface area contributed by atoms with Crippen LogP contribution < -0.4 is 9.62 Å². The lowest BCUT2D eigenvalue weighted by atomic mass is 10.0. The largest absolute Gasteiger partial charge is 0.326 e. The Morgan fingerprint density at radius 1 is 1.38 bits per heavy atom. The first-order valence-electron chi connectivity index (χ1n) is 7.32. The van der Waals surface area contributed by atoms with Gasteiger partial charge in [0.15, 0.2) is 0 Å². The monoisotopic (exact) mass is 310 g/mol. The average Bonchev–Trinajstić information content (AvgIpc) is 2.43. The lowest BCUT2D eigenvalue weighted by Gasteiger charge is -2.29. The summed E-state index contributed by atoms with van der Waals surface area (Å²) in [6, 6.07) is 5.51. The van der Waals surface area contributed by atoms with Gasteiger partial charge in [-0.15, -0.1) is 0 Å². The molecule has 0 aromatic heterocycles. The molecule has 1 aromatic rings. The topological polar surface area (TPSA) is 66.5 Å². The van der Waals surface area contributed by atoms with E-state index in [-0.39, 0.29) is 5.91 Å². The molecule has 0 bridgehead atoms. The fourth-order valence-electron chi connectivity index (χ4n) is 2.52. The van der Waals surface area contributed by atoms with Crippen molar-refractivity contribution in [1.29, 1.82) is 0 Å². The summed E-state index contributed by atoms with van der Waals surface area (Å²) < 4.78 is 25.1. The molecule has 1 amide bonds. The van der Waals surface area contributed by atoms with Gasteiger partial charge in [0.05, 0.1) is 11.9 Å². The summed E-state index contributed by atoms with van der Waals surface area (Å²) in [5.41, 5.74) is 2.36. The summed E-state index contributed by atoms with van der Waals surface area (Å²) in [7, 11) is -3.28. The molecular weight excluding hydrogens is 288 g/mol. The van der Waals surface area contributed by atoms with Crippen molar-refractivity contribution >= 4 is 27.3 Å². The summed E-state index contributed by atoms with van der Waals surface area (Å²) in [6.45, 7) is 2.54. The van der Waals surface area contributed by atoms with Crippen LogP contribution in [0.25, 0.3) is 0 Å². The molecule has 0 aliphatic carbocycles. The molecule has 1 aliphatic rings. The van der Waals surface area contributed by atoms with Gasteiger partial charge in [-0.3, -0.25) is 9.10 Å². The molecule has 0 radical (unpaired) electrons. The van der Waals surface area contributed by atoms with E-state index >= 15 is 0 Å². The van der Waals surface area contributed by atoms with E-state index in [1.807, 2.05) is 19.1 Å². The van der Waals surface area contributed by atoms with Crippen LogP contribution in [0.3, 0.4) is 0 Å². The molecule has 116 valence electrons. The number of aryl methyl sites for hydroxylation is 1. The Morgan fingerprint density at radius 3 is 2.81 bits per heavy atom. The molecule has 6 heteroatoms. The maximum Gasteiger partial charge on any atom is 0.232 e. The zero-order chi connectivity index (χ0) is 15.5. The van der Waals surface area contributed by atoms with E-state index in [9.17, 15) is 13.2 Å². The smallest absolute Gasteiger partial charge is 0.232 e. The lowest BCUT2D eigenvalue weighted by Crippen LogP contribution is -2.34. The molecule has 0 fully saturated rings. The Kier molecular flexibility index (Phi) is 4.88. The highest BCUT2D eigenvalue weighted by molar-refractivity contribution is 7.92. The van der Waals surface area contributed by atoms with Crippen LogP contribution in [0, 0.1) is 0 Å². The maximum atomic E-state index is 11.9. The predicted octanol–water partition coefficient (Wildman–Crippen LogP) is 2.53. The number of anilines is 2. The normalized spacial score (nSPS) is 14.7. The maximum absolute atomic E-state index is 11.9. The molecule has 1 aliphatic heterocycles. The van der Waals surface area contributed by atoms with E-state index in [1.54, 1.807) is 6.07 Å². The number of hydrogen-bond donors (Lipinski definition) is 1. The zero-order valence-corrected chi connectivity index (χ0v) is 13.4. The van der Waals surface area contributed by atoms with Crippen molar-refractivity contribution in [3.05, 3.63) is 23.8 Å². The Hall–Kier alpha value is -1.56. The molecule has 2 rings (SSSR count). The van der Waals surface area contributed by atoms with Crippen LogP contribution in [-0.4, -0.2) is 27.1 Å². The van der Waals surface area contributed by atoms with Crippen molar-refractivity contribution < 1.29 is 13.2 Å². The van der Waals surface area contributed by atoms with Crippen LogP contribution in [0.1, 0.15) is 38.2 Å². The van der Waals surface area contributed by atoms with Gasteiger partial charge in [0.25, 0.3) is 0 Å². The van der Waals surface area contributed by atoms with Crippen LogP contribution in [0.2, 0.25) is 0 Å². The summed E-state index contributed by atoms with van der Waals surface area (Å²) in [5, 5.41) is 2.84. The third-order valence-electron chi connectivity index (χ3n) is 3.60.